The number of thioether (sulfide) groups is 1. The Hall–Kier alpha value is -1.76. The smallest absolute Gasteiger partial charge is 0.313 e. The van der Waals surface area contributed by atoms with Gasteiger partial charge in [0.15, 0.2) is 11.0 Å². The summed E-state index contributed by atoms with van der Waals surface area (Å²) in [6.07, 6.45) is 1.80. The molecular formula is C9H10N4O2S. The predicted octanol–water partition coefficient (Wildman–Crippen LogP) is 0.987. The number of nitrogens with zero attached hydrogens (tertiary/aromatic N) is 3. The van der Waals surface area contributed by atoms with Crippen LogP contribution in [0.4, 0.5) is 0 Å². The Kier molecular flexibility index (Phi) is 2.95. The van der Waals surface area contributed by atoms with Gasteiger partial charge in [-0.3, -0.25) is 4.79 Å². The highest BCUT2D eigenvalue weighted by atomic mass is 32.2. The molecule has 0 aliphatic rings. The van der Waals surface area contributed by atoms with Crippen LogP contribution in [-0.4, -0.2) is 36.6 Å². The maximum absolute atomic E-state index is 10.4. The molecule has 2 N–H and O–H groups in total. The van der Waals surface area contributed by atoms with Crippen LogP contribution >= 0.6 is 11.8 Å². The van der Waals surface area contributed by atoms with Crippen molar-refractivity contribution in [3.05, 3.63) is 18.3 Å². The van der Waals surface area contributed by atoms with Crippen LogP contribution in [0.3, 0.4) is 0 Å². The first-order chi connectivity index (χ1) is 7.68. The maximum Gasteiger partial charge on any atom is 0.313 e. The van der Waals surface area contributed by atoms with E-state index in [0.29, 0.717) is 11.0 Å². The highest BCUT2D eigenvalue weighted by Gasteiger charge is 2.12. The Morgan fingerprint density at radius 1 is 1.62 bits per heavy atom. The molecular weight excluding hydrogens is 228 g/mol. The Morgan fingerprint density at radius 3 is 3.06 bits per heavy atom. The zero-order chi connectivity index (χ0) is 11.5. The van der Waals surface area contributed by atoms with Crippen molar-refractivity contribution < 1.29 is 9.90 Å². The van der Waals surface area contributed by atoms with Gasteiger partial charge in [-0.15, -0.1) is 10.2 Å². The molecule has 0 amide bonds. The van der Waals surface area contributed by atoms with E-state index >= 15 is 0 Å². The normalized spacial score (nSPS) is 10.6. The fourth-order valence-corrected chi connectivity index (χ4v) is 1.90. The molecule has 0 radical (unpaired) electrons. The fraction of sp³-hybridized carbons (Fsp3) is 0.222. The molecule has 0 aromatic carbocycles. The van der Waals surface area contributed by atoms with E-state index in [0.717, 1.165) is 17.5 Å². The average Bonchev–Trinajstić information content (AvgIpc) is 2.84. The van der Waals surface area contributed by atoms with Crippen molar-refractivity contribution in [1.82, 2.24) is 19.7 Å². The lowest BCUT2D eigenvalue weighted by Gasteiger charge is -2.00. The number of carboxylic acid groups (broad SMARTS) is 1. The molecule has 2 rings (SSSR count). The van der Waals surface area contributed by atoms with Crippen LogP contribution in [0.15, 0.2) is 23.5 Å². The largest absolute Gasteiger partial charge is 0.481 e. The minimum absolute atomic E-state index is 0.0172. The van der Waals surface area contributed by atoms with Crippen LogP contribution in [0, 0.1) is 0 Å². The summed E-state index contributed by atoms with van der Waals surface area (Å²) in [7, 11) is 1.81. The van der Waals surface area contributed by atoms with Gasteiger partial charge in [-0.05, 0) is 12.1 Å². The lowest BCUT2D eigenvalue weighted by molar-refractivity contribution is -0.133. The van der Waals surface area contributed by atoms with Crippen LogP contribution in [0.25, 0.3) is 11.5 Å². The summed E-state index contributed by atoms with van der Waals surface area (Å²) >= 11 is 1.15. The molecule has 7 heteroatoms. The number of hydrogen-bond acceptors (Lipinski definition) is 4. The van der Waals surface area contributed by atoms with E-state index in [2.05, 4.69) is 15.2 Å². The van der Waals surface area contributed by atoms with Gasteiger partial charge in [0, 0.05) is 13.2 Å². The van der Waals surface area contributed by atoms with Gasteiger partial charge >= 0.3 is 5.97 Å². The second kappa shape index (κ2) is 4.40. The highest BCUT2D eigenvalue weighted by molar-refractivity contribution is 7.99. The summed E-state index contributed by atoms with van der Waals surface area (Å²) in [6.45, 7) is 0. The number of rotatable bonds is 4. The number of aliphatic carboxylic acids is 1. The van der Waals surface area contributed by atoms with Crippen molar-refractivity contribution in [2.45, 2.75) is 5.16 Å². The predicted molar refractivity (Wildman–Crippen MR) is 59.1 cm³/mol. The standard InChI is InChI=1S/C9H10N4O2S/c1-13-8(6-3-2-4-10-6)11-12-9(13)16-5-7(14)15/h2-4,10H,5H2,1H3,(H,14,15). The van der Waals surface area contributed by atoms with Gasteiger partial charge < -0.3 is 14.7 Å². The van der Waals surface area contributed by atoms with Crippen molar-refractivity contribution in [2.24, 2.45) is 7.05 Å². The van der Waals surface area contributed by atoms with E-state index in [4.69, 9.17) is 5.11 Å². The monoisotopic (exact) mass is 238 g/mol. The Bertz CT molecular complexity index is 492. The van der Waals surface area contributed by atoms with E-state index in [1.807, 2.05) is 12.1 Å². The molecule has 2 aromatic rings. The molecule has 0 atom stereocenters. The van der Waals surface area contributed by atoms with Gasteiger partial charge in [0.05, 0.1) is 11.4 Å². The quantitative estimate of drug-likeness (QED) is 0.776. The molecule has 84 valence electrons. The number of aromatic nitrogens is 4. The molecule has 0 aliphatic heterocycles. The second-order valence-electron chi connectivity index (χ2n) is 3.13. The Balaban J connectivity index is 2.21. The summed E-state index contributed by atoms with van der Waals surface area (Å²) in [4.78, 5) is 13.5. The minimum atomic E-state index is -0.866. The average molecular weight is 238 g/mol. The third-order valence-corrected chi connectivity index (χ3v) is 3.00. The first-order valence-electron chi connectivity index (χ1n) is 4.56. The number of H-pyrrole nitrogens is 1. The third-order valence-electron chi connectivity index (χ3n) is 2.00. The Morgan fingerprint density at radius 2 is 2.44 bits per heavy atom. The van der Waals surface area contributed by atoms with Gasteiger partial charge in [0.2, 0.25) is 0 Å². The second-order valence-corrected chi connectivity index (χ2v) is 4.07. The molecule has 0 spiro atoms. The molecule has 0 unspecified atom stereocenters. The summed E-state index contributed by atoms with van der Waals surface area (Å²) in [5.74, 6) is -0.191. The van der Waals surface area contributed by atoms with E-state index in [1.165, 1.54) is 0 Å². The topological polar surface area (TPSA) is 83.8 Å². The van der Waals surface area contributed by atoms with Crippen molar-refractivity contribution in [1.29, 1.82) is 0 Å². The SMILES string of the molecule is Cn1c(SCC(=O)O)nnc1-c1ccc[nH]1. The summed E-state index contributed by atoms with van der Waals surface area (Å²) in [5.41, 5.74) is 0.858. The van der Waals surface area contributed by atoms with Crippen LogP contribution < -0.4 is 0 Å². The third kappa shape index (κ3) is 2.08. The van der Waals surface area contributed by atoms with E-state index in [9.17, 15) is 4.79 Å². The van der Waals surface area contributed by atoms with E-state index in [1.54, 1.807) is 17.8 Å². The van der Waals surface area contributed by atoms with Gasteiger partial charge in [-0.25, -0.2) is 0 Å². The van der Waals surface area contributed by atoms with Crippen LogP contribution in [0.2, 0.25) is 0 Å². The Labute approximate surface area is 95.7 Å². The van der Waals surface area contributed by atoms with Crippen molar-refractivity contribution >= 4 is 17.7 Å². The first-order valence-corrected chi connectivity index (χ1v) is 5.55. The number of aromatic amines is 1. The van der Waals surface area contributed by atoms with Crippen molar-refractivity contribution in [2.75, 3.05) is 5.75 Å². The minimum Gasteiger partial charge on any atom is -0.481 e. The summed E-state index contributed by atoms with van der Waals surface area (Å²) < 4.78 is 1.76. The van der Waals surface area contributed by atoms with Crippen molar-refractivity contribution in [3.63, 3.8) is 0 Å². The molecule has 0 saturated carbocycles. The van der Waals surface area contributed by atoms with Crippen LogP contribution in [-0.2, 0) is 11.8 Å². The molecule has 6 nitrogen and oxygen atoms in total. The van der Waals surface area contributed by atoms with Gasteiger partial charge in [-0.1, -0.05) is 11.8 Å². The summed E-state index contributed by atoms with van der Waals surface area (Å²) in [6, 6.07) is 3.75. The van der Waals surface area contributed by atoms with E-state index in [-0.39, 0.29) is 5.75 Å². The fourth-order valence-electron chi connectivity index (χ4n) is 1.27. The molecule has 0 bridgehead atoms. The molecule has 16 heavy (non-hydrogen) atoms. The molecule has 0 fully saturated rings. The van der Waals surface area contributed by atoms with E-state index < -0.39 is 5.97 Å². The lowest BCUT2D eigenvalue weighted by Crippen LogP contribution is -2.01. The molecule has 0 aliphatic carbocycles. The molecule has 0 saturated heterocycles. The van der Waals surface area contributed by atoms with Crippen molar-refractivity contribution in [3.8, 4) is 11.5 Å². The molecule has 2 heterocycles. The lowest BCUT2D eigenvalue weighted by atomic mass is 10.4. The first kappa shape index (κ1) is 10.7. The zero-order valence-electron chi connectivity index (χ0n) is 8.54. The van der Waals surface area contributed by atoms with Gasteiger partial charge in [0.25, 0.3) is 0 Å². The zero-order valence-corrected chi connectivity index (χ0v) is 9.36. The van der Waals surface area contributed by atoms with Crippen LogP contribution in [0.1, 0.15) is 0 Å². The summed E-state index contributed by atoms with van der Waals surface area (Å²) in [5, 5.41) is 17.1. The number of nitrogens with one attached hydrogen (secondary N) is 1. The van der Waals surface area contributed by atoms with Gasteiger partial charge in [-0.2, -0.15) is 0 Å². The van der Waals surface area contributed by atoms with Gasteiger partial charge in [0.1, 0.15) is 0 Å². The molecule has 2 aromatic heterocycles. The highest BCUT2D eigenvalue weighted by Crippen LogP contribution is 2.20. The van der Waals surface area contributed by atoms with Crippen LogP contribution in [0.5, 0.6) is 0 Å². The number of carbonyl (C=O) groups is 1. The maximum atomic E-state index is 10.4. The number of carboxylic acids is 1. The number of hydrogen-bond donors (Lipinski definition) is 2.